The van der Waals surface area contributed by atoms with Crippen molar-refractivity contribution >= 4 is 17.3 Å². The molecule has 0 radical (unpaired) electrons. The largest absolute Gasteiger partial charge is 0.486 e. The molecule has 1 heterocycles. The predicted octanol–water partition coefficient (Wildman–Crippen LogP) is 2.43. The van der Waals surface area contributed by atoms with Gasteiger partial charge in [-0.25, -0.2) is 4.39 Å². The molecule has 1 aliphatic rings. The third-order valence-electron chi connectivity index (χ3n) is 3.06. The van der Waals surface area contributed by atoms with E-state index in [1.165, 1.54) is 18.2 Å². The Morgan fingerprint density at radius 3 is 2.81 bits per heavy atom. The Kier molecular flexibility index (Phi) is 3.35. The highest BCUT2D eigenvalue weighted by atomic mass is 19.1. The first kappa shape index (κ1) is 13.2. The zero-order valence-corrected chi connectivity index (χ0v) is 11.1. The average molecular weight is 288 g/mol. The lowest BCUT2D eigenvalue weighted by Gasteiger charge is -2.20. The molecule has 0 unspecified atom stereocenters. The van der Waals surface area contributed by atoms with Crippen LogP contribution in [0, 0.1) is 5.82 Å². The number of fused-ring (bicyclic) bond motifs is 1. The summed E-state index contributed by atoms with van der Waals surface area (Å²) in [4.78, 5) is 12.3. The molecule has 0 spiro atoms. The lowest BCUT2D eigenvalue weighted by atomic mass is 10.1. The van der Waals surface area contributed by atoms with Gasteiger partial charge in [0, 0.05) is 5.69 Å². The lowest BCUT2D eigenvalue weighted by Crippen LogP contribution is -2.20. The molecule has 1 aliphatic heterocycles. The van der Waals surface area contributed by atoms with Gasteiger partial charge in [-0.05, 0) is 30.3 Å². The average Bonchev–Trinajstić information content (AvgIpc) is 2.50. The van der Waals surface area contributed by atoms with E-state index in [0.29, 0.717) is 36.0 Å². The van der Waals surface area contributed by atoms with Crippen molar-refractivity contribution in [1.29, 1.82) is 0 Å². The molecular weight excluding hydrogens is 275 g/mol. The standard InChI is InChI=1S/C15H13FN2O3/c16-11-5-4-9(8-12(11)17)18-15(19)10-2-1-3-13-14(10)21-7-6-20-13/h1-5,8H,6-7,17H2,(H,18,19). The van der Waals surface area contributed by atoms with E-state index in [1.807, 2.05) is 0 Å². The SMILES string of the molecule is Nc1cc(NC(=O)c2cccc3c2OCCO3)ccc1F. The van der Waals surface area contributed by atoms with Crippen LogP contribution in [0.15, 0.2) is 36.4 Å². The first-order chi connectivity index (χ1) is 10.1. The Balaban J connectivity index is 1.87. The fraction of sp³-hybridized carbons (Fsp3) is 0.133. The normalized spacial score (nSPS) is 12.8. The van der Waals surface area contributed by atoms with Crippen molar-refractivity contribution in [3.05, 3.63) is 47.8 Å². The molecule has 6 heteroatoms. The fourth-order valence-corrected chi connectivity index (χ4v) is 2.07. The van der Waals surface area contributed by atoms with Crippen LogP contribution in [0.25, 0.3) is 0 Å². The third kappa shape index (κ3) is 2.60. The molecule has 2 aromatic carbocycles. The fourth-order valence-electron chi connectivity index (χ4n) is 2.07. The smallest absolute Gasteiger partial charge is 0.259 e. The summed E-state index contributed by atoms with van der Waals surface area (Å²) in [5.74, 6) is 0.0500. The third-order valence-corrected chi connectivity index (χ3v) is 3.06. The second kappa shape index (κ2) is 5.32. The highest BCUT2D eigenvalue weighted by molar-refractivity contribution is 6.06. The van der Waals surface area contributed by atoms with Crippen molar-refractivity contribution in [2.24, 2.45) is 0 Å². The van der Waals surface area contributed by atoms with E-state index in [2.05, 4.69) is 5.32 Å². The van der Waals surface area contributed by atoms with Crippen LogP contribution in [0.2, 0.25) is 0 Å². The summed E-state index contributed by atoms with van der Waals surface area (Å²) in [6.07, 6.45) is 0. The maximum atomic E-state index is 13.1. The maximum absolute atomic E-state index is 13.1. The van der Waals surface area contributed by atoms with Crippen LogP contribution in [0.3, 0.4) is 0 Å². The second-order valence-electron chi connectivity index (χ2n) is 4.52. The first-order valence-corrected chi connectivity index (χ1v) is 6.40. The van der Waals surface area contributed by atoms with Crippen molar-refractivity contribution in [1.82, 2.24) is 0 Å². The second-order valence-corrected chi connectivity index (χ2v) is 4.52. The summed E-state index contributed by atoms with van der Waals surface area (Å²) >= 11 is 0. The minimum atomic E-state index is -0.526. The maximum Gasteiger partial charge on any atom is 0.259 e. The lowest BCUT2D eigenvalue weighted by molar-refractivity contribution is 0.101. The molecule has 3 rings (SSSR count). The molecule has 0 saturated carbocycles. The number of rotatable bonds is 2. The van der Waals surface area contributed by atoms with Gasteiger partial charge in [0.15, 0.2) is 11.5 Å². The highest BCUT2D eigenvalue weighted by Gasteiger charge is 2.20. The topological polar surface area (TPSA) is 73.6 Å². The van der Waals surface area contributed by atoms with Crippen molar-refractivity contribution in [2.75, 3.05) is 24.3 Å². The number of halogens is 1. The first-order valence-electron chi connectivity index (χ1n) is 6.40. The summed E-state index contributed by atoms with van der Waals surface area (Å²) < 4.78 is 24.0. The van der Waals surface area contributed by atoms with Crippen LogP contribution < -0.4 is 20.5 Å². The summed E-state index contributed by atoms with van der Waals surface area (Å²) in [6, 6.07) is 9.08. The quantitative estimate of drug-likeness (QED) is 0.832. The number of para-hydroxylation sites is 1. The van der Waals surface area contributed by atoms with Crippen LogP contribution in [0.1, 0.15) is 10.4 Å². The molecule has 21 heavy (non-hydrogen) atoms. The number of nitrogens with one attached hydrogen (secondary N) is 1. The van der Waals surface area contributed by atoms with Crippen LogP contribution >= 0.6 is 0 Å². The van der Waals surface area contributed by atoms with Gasteiger partial charge in [0.05, 0.1) is 11.3 Å². The van der Waals surface area contributed by atoms with Crippen LogP contribution in [-0.4, -0.2) is 19.1 Å². The number of nitrogen functional groups attached to an aromatic ring is 1. The zero-order chi connectivity index (χ0) is 14.8. The Bertz CT molecular complexity index is 703. The minimum Gasteiger partial charge on any atom is -0.486 e. The van der Waals surface area contributed by atoms with Crippen molar-refractivity contribution in [3.8, 4) is 11.5 Å². The van der Waals surface area contributed by atoms with Gasteiger partial charge < -0.3 is 20.5 Å². The molecule has 0 atom stereocenters. The van der Waals surface area contributed by atoms with E-state index >= 15 is 0 Å². The zero-order valence-electron chi connectivity index (χ0n) is 11.1. The van der Waals surface area contributed by atoms with Gasteiger partial charge in [-0.3, -0.25) is 4.79 Å². The van der Waals surface area contributed by atoms with Crippen LogP contribution in [0.4, 0.5) is 15.8 Å². The Morgan fingerprint density at radius 2 is 2.00 bits per heavy atom. The number of hydrogen-bond acceptors (Lipinski definition) is 4. The number of benzene rings is 2. The Morgan fingerprint density at radius 1 is 1.19 bits per heavy atom. The predicted molar refractivity (Wildman–Crippen MR) is 76.2 cm³/mol. The molecule has 3 N–H and O–H groups in total. The monoisotopic (exact) mass is 288 g/mol. The molecule has 2 aromatic rings. The summed E-state index contributed by atoms with van der Waals surface area (Å²) in [7, 11) is 0. The van der Waals surface area contributed by atoms with E-state index in [4.69, 9.17) is 15.2 Å². The summed E-state index contributed by atoms with van der Waals surface area (Å²) in [5.41, 5.74) is 6.22. The summed E-state index contributed by atoms with van der Waals surface area (Å²) in [6.45, 7) is 0.841. The number of amides is 1. The van der Waals surface area contributed by atoms with E-state index in [-0.39, 0.29) is 11.6 Å². The van der Waals surface area contributed by atoms with E-state index < -0.39 is 5.82 Å². The molecule has 108 valence electrons. The van der Waals surface area contributed by atoms with Crippen molar-refractivity contribution in [2.45, 2.75) is 0 Å². The van der Waals surface area contributed by atoms with Gasteiger partial charge in [-0.15, -0.1) is 0 Å². The molecule has 0 fully saturated rings. The van der Waals surface area contributed by atoms with Gasteiger partial charge in [-0.1, -0.05) is 6.07 Å². The molecule has 5 nitrogen and oxygen atoms in total. The number of carbonyl (C=O) groups excluding carboxylic acids is 1. The van der Waals surface area contributed by atoms with Gasteiger partial charge in [0.1, 0.15) is 19.0 Å². The molecule has 0 saturated heterocycles. The number of hydrogen-bond donors (Lipinski definition) is 2. The van der Waals surface area contributed by atoms with Crippen molar-refractivity contribution < 1.29 is 18.7 Å². The molecule has 0 aromatic heterocycles. The van der Waals surface area contributed by atoms with E-state index in [9.17, 15) is 9.18 Å². The van der Waals surface area contributed by atoms with E-state index in [0.717, 1.165) is 0 Å². The molecule has 0 bridgehead atoms. The molecule has 0 aliphatic carbocycles. The highest BCUT2D eigenvalue weighted by Crippen LogP contribution is 2.34. The van der Waals surface area contributed by atoms with E-state index in [1.54, 1.807) is 18.2 Å². The van der Waals surface area contributed by atoms with Gasteiger partial charge in [0.2, 0.25) is 0 Å². The molecular formula is C15H13FN2O3. The summed E-state index contributed by atoms with van der Waals surface area (Å²) in [5, 5.41) is 2.66. The number of carbonyl (C=O) groups is 1. The van der Waals surface area contributed by atoms with Gasteiger partial charge >= 0.3 is 0 Å². The van der Waals surface area contributed by atoms with Gasteiger partial charge in [0.25, 0.3) is 5.91 Å². The Hall–Kier alpha value is -2.76. The number of ether oxygens (including phenoxy) is 2. The Labute approximate surface area is 120 Å². The minimum absolute atomic E-state index is 0.0255. The van der Waals surface area contributed by atoms with Crippen LogP contribution in [0.5, 0.6) is 11.5 Å². The van der Waals surface area contributed by atoms with Crippen LogP contribution in [-0.2, 0) is 0 Å². The number of nitrogens with two attached hydrogens (primary N) is 1. The van der Waals surface area contributed by atoms with Gasteiger partial charge in [-0.2, -0.15) is 0 Å². The van der Waals surface area contributed by atoms with Crippen molar-refractivity contribution in [3.63, 3.8) is 0 Å². The molecule has 1 amide bonds. The number of anilines is 2.